The summed E-state index contributed by atoms with van der Waals surface area (Å²) in [4.78, 5) is 16.1. The molecule has 1 heterocycles. The molecule has 5 heteroatoms. The summed E-state index contributed by atoms with van der Waals surface area (Å²) in [7, 11) is 0. The van der Waals surface area contributed by atoms with Gasteiger partial charge < -0.3 is 11.1 Å². The van der Waals surface area contributed by atoms with Gasteiger partial charge in [0.05, 0.1) is 5.56 Å². The molecule has 0 aliphatic rings. The minimum atomic E-state index is -0.381. The van der Waals surface area contributed by atoms with Crippen LogP contribution in [0.2, 0.25) is 0 Å². The minimum absolute atomic E-state index is 0.141. The Balaban J connectivity index is 2.79. The number of nitrogens with two attached hydrogens (primary N) is 1. The highest BCUT2D eigenvalue weighted by Gasteiger charge is 2.26. The van der Waals surface area contributed by atoms with E-state index in [1.807, 2.05) is 6.92 Å². The maximum atomic E-state index is 12.1. The summed E-state index contributed by atoms with van der Waals surface area (Å²) in [5.74, 6) is 0.330. The lowest BCUT2D eigenvalue weighted by atomic mass is 9.90. The fourth-order valence-corrected chi connectivity index (χ4v) is 2.33. The third kappa shape index (κ3) is 4.38. The summed E-state index contributed by atoms with van der Waals surface area (Å²) >= 11 is 3.30. The van der Waals surface area contributed by atoms with E-state index in [2.05, 4.69) is 40.1 Å². The van der Waals surface area contributed by atoms with Crippen molar-refractivity contribution in [2.75, 3.05) is 6.54 Å². The van der Waals surface area contributed by atoms with Gasteiger partial charge in [0.1, 0.15) is 0 Å². The second-order valence-corrected chi connectivity index (χ2v) is 6.12. The van der Waals surface area contributed by atoms with Gasteiger partial charge >= 0.3 is 0 Å². The highest BCUT2D eigenvalue weighted by Crippen LogP contribution is 2.17. The molecule has 1 amide bonds. The molecule has 0 spiro atoms. The first-order valence-electron chi connectivity index (χ1n) is 5.99. The summed E-state index contributed by atoms with van der Waals surface area (Å²) in [6.07, 6.45) is 4.04. The van der Waals surface area contributed by atoms with Gasteiger partial charge in [-0.1, -0.05) is 13.8 Å². The Kier molecular flexibility index (Phi) is 5.28. The number of carbonyl (C=O) groups excluding carboxylic acids is 1. The highest BCUT2D eigenvalue weighted by atomic mass is 79.9. The Morgan fingerprint density at radius 2 is 2.22 bits per heavy atom. The Morgan fingerprint density at radius 1 is 1.56 bits per heavy atom. The van der Waals surface area contributed by atoms with Crippen LogP contribution in [0.4, 0.5) is 0 Å². The first-order chi connectivity index (χ1) is 8.36. The second kappa shape index (κ2) is 6.29. The fraction of sp³-hybridized carbons (Fsp3) is 0.538. The summed E-state index contributed by atoms with van der Waals surface area (Å²) < 4.78 is 0.786. The summed E-state index contributed by atoms with van der Waals surface area (Å²) in [5, 5.41) is 2.99. The summed E-state index contributed by atoms with van der Waals surface area (Å²) in [6, 6.07) is 1.74. The number of nitrogens with zero attached hydrogens (tertiary/aromatic N) is 1. The third-order valence-electron chi connectivity index (χ3n) is 2.69. The van der Waals surface area contributed by atoms with Crippen molar-refractivity contribution in [2.24, 2.45) is 11.7 Å². The molecular weight excluding hydrogens is 294 g/mol. The Labute approximate surface area is 116 Å². The minimum Gasteiger partial charge on any atom is -0.346 e. The number of aromatic nitrogens is 1. The van der Waals surface area contributed by atoms with Crippen LogP contribution in [0.3, 0.4) is 0 Å². The van der Waals surface area contributed by atoms with Crippen LogP contribution < -0.4 is 11.1 Å². The molecule has 3 N–H and O–H groups in total. The van der Waals surface area contributed by atoms with Gasteiger partial charge in [-0.05, 0) is 41.3 Å². The van der Waals surface area contributed by atoms with E-state index >= 15 is 0 Å². The predicted octanol–water partition coefficient (Wildman–Crippen LogP) is 2.34. The molecule has 0 radical (unpaired) electrons. The number of carbonyl (C=O) groups is 1. The lowest BCUT2D eigenvalue weighted by Gasteiger charge is -2.31. The highest BCUT2D eigenvalue weighted by molar-refractivity contribution is 9.10. The van der Waals surface area contributed by atoms with E-state index < -0.39 is 0 Å². The van der Waals surface area contributed by atoms with E-state index in [4.69, 9.17) is 5.73 Å². The van der Waals surface area contributed by atoms with Crippen LogP contribution in [0.5, 0.6) is 0 Å². The number of nitrogens with one attached hydrogen (secondary N) is 1. The predicted molar refractivity (Wildman–Crippen MR) is 76.3 cm³/mol. The Hall–Kier alpha value is -0.940. The molecule has 0 fully saturated rings. The lowest BCUT2D eigenvalue weighted by molar-refractivity contribution is 0.0898. The number of hydrogen-bond donors (Lipinski definition) is 2. The fourth-order valence-electron chi connectivity index (χ4n) is 1.97. The molecule has 0 aromatic carbocycles. The van der Waals surface area contributed by atoms with Crippen LogP contribution in [0, 0.1) is 5.92 Å². The van der Waals surface area contributed by atoms with E-state index in [-0.39, 0.29) is 11.4 Å². The molecule has 1 rings (SSSR count). The first-order valence-corrected chi connectivity index (χ1v) is 6.79. The summed E-state index contributed by atoms with van der Waals surface area (Å²) in [5.41, 5.74) is 5.93. The van der Waals surface area contributed by atoms with Crippen molar-refractivity contribution in [2.45, 2.75) is 32.7 Å². The van der Waals surface area contributed by atoms with Crippen molar-refractivity contribution < 1.29 is 4.79 Å². The molecule has 1 aromatic rings. The van der Waals surface area contributed by atoms with Crippen LogP contribution in [0.1, 0.15) is 37.6 Å². The molecule has 18 heavy (non-hydrogen) atoms. The quantitative estimate of drug-likeness (QED) is 0.876. The average molecular weight is 314 g/mol. The van der Waals surface area contributed by atoms with Crippen molar-refractivity contribution in [3.63, 3.8) is 0 Å². The van der Waals surface area contributed by atoms with Gasteiger partial charge in [0.2, 0.25) is 0 Å². The van der Waals surface area contributed by atoms with E-state index in [0.29, 0.717) is 18.0 Å². The van der Waals surface area contributed by atoms with Gasteiger partial charge in [0.25, 0.3) is 5.91 Å². The Morgan fingerprint density at radius 3 is 2.72 bits per heavy atom. The van der Waals surface area contributed by atoms with E-state index in [9.17, 15) is 4.79 Å². The molecular formula is C13H20BrN3O. The smallest absolute Gasteiger partial charge is 0.253 e. The number of pyridine rings is 1. The van der Waals surface area contributed by atoms with Crippen molar-refractivity contribution in [3.05, 3.63) is 28.5 Å². The van der Waals surface area contributed by atoms with Crippen molar-refractivity contribution in [1.29, 1.82) is 0 Å². The van der Waals surface area contributed by atoms with Gasteiger partial charge in [-0.3, -0.25) is 9.78 Å². The van der Waals surface area contributed by atoms with E-state index in [1.54, 1.807) is 18.5 Å². The molecule has 0 aliphatic heterocycles. The van der Waals surface area contributed by atoms with Crippen LogP contribution >= 0.6 is 15.9 Å². The van der Waals surface area contributed by atoms with Crippen molar-refractivity contribution >= 4 is 21.8 Å². The molecule has 1 atom stereocenters. The normalized spacial score (nSPS) is 14.3. The maximum absolute atomic E-state index is 12.1. The second-order valence-electron chi connectivity index (χ2n) is 5.21. The third-order valence-corrected chi connectivity index (χ3v) is 3.13. The monoisotopic (exact) mass is 313 g/mol. The lowest BCUT2D eigenvalue weighted by Crippen LogP contribution is -2.52. The Bertz CT molecular complexity index is 422. The topological polar surface area (TPSA) is 68.0 Å². The first kappa shape index (κ1) is 15.1. The molecule has 1 unspecified atom stereocenters. The standard InChI is InChI=1S/C13H20BrN3O/c1-9(2)5-13(3,8-15)17-12(18)10-4-11(14)7-16-6-10/h4,6-7,9H,5,8,15H2,1-3H3,(H,17,18). The molecule has 0 aliphatic carbocycles. The van der Waals surface area contributed by atoms with Crippen LogP contribution in [-0.4, -0.2) is 23.0 Å². The van der Waals surface area contributed by atoms with E-state index in [1.165, 1.54) is 0 Å². The van der Waals surface area contributed by atoms with Gasteiger partial charge in [0.15, 0.2) is 0 Å². The van der Waals surface area contributed by atoms with Crippen molar-refractivity contribution in [1.82, 2.24) is 10.3 Å². The van der Waals surface area contributed by atoms with Crippen LogP contribution in [-0.2, 0) is 0 Å². The zero-order chi connectivity index (χ0) is 13.8. The van der Waals surface area contributed by atoms with Crippen molar-refractivity contribution in [3.8, 4) is 0 Å². The molecule has 1 aromatic heterocycles. The van der Waals surface area contributed by atoms with Gasteiger partial charge in [-0.2, -0.15) is 0 Å². The molecule has 0 saturated heterocycles. The van der Waals surface area contributed by atoms with Gasteiger partial charge in [0, 0.05) is 29.0 Å². The molecule has 0 saturated carbocycles. The zero-order valence-electron chi connectivity index (χ0n) is 11.0. The van der Waals surface area contributed by atoms with Crippen LogP contribution in [0.25, 0.3) is 0 Å². The number of amides is 1. The molecule has 100 valence electrons. The summed E-state index contributed by atoms with van der Waals surface area (Å²) in [6.45, 7) is 6.61. The number of hydrogen-bond acceptors (Lipinski definition) is 3. The molecule has 4 nitrogen and oxygen atoms in total. The average Bonchev–Trinajstić information content (AvgIpc) is 2.27. The molecule has 0 bridgehead atoms. The number of halogens is 1. The largest absolute Gasteiger partial charge is 0.346 e. The van der Waals surface area contributed by atoms with E-state index in [0.717, 1.165) is 10.9 Å². The van der Waals surface area contributed by atoms with Crippen LogP contribution in [0.15, 0.2) is 22.9 Å². The van der Waals surface area contributed by atoms with Gasteiger partial charge in [-0.25, -0.2) is 0 Å². The van der Waals surface area contributed by atoms with Gasteiger partial charge in [-0.15, -0.1) is 0 Å². The number of rotatable bonds is 5. The maximum Gasteiger partial charge on any atom is 0.253 e. The SMILES string of the molecule is CC(C)CC(C)(CN)NC(=O)c1cncc(Br)c1. The zero-order valence-corrected chi connectivity index (χ0v) is 12.6.